The molecule has 19 heavy (non-hydrogen) atoms. The van der Waals surface area contributed by atoms with E-state index < -0.39 is 18.6 Å². The quantitative estimate of drug-likeness (QED) is 0.390. The summed E-state index contributed by atoms with van der Waals surface area (Å²) < 4.78 is 0. The van der Waals surface area contributed by atoms with Crippen LogP contribution in [0.2, 0.25) is 0 Å². The third-order valence-electron chi connectivity index (χ3n) is 2.82. The number of hydrogen-bond donors (Lipinski definition) is 3. The van der Waals surface area contributed by atoms with Gasteiger partial charge in [-0.25, -0.2) is 4.79 Å². The van der Waals surface area contributed by atoms with Gasteiger partial charge in [-0.2, -0.15) is 0 Å². The topological polar surface area (TPSA) is 86.6 Å². The first kappa shape index (κ1) is 21.2. The monoisotopic (exact) mass is 283 g/mol. The van der Waals surface area contributed by atoms with E-state index in [-0.39, 0.29) is 35.5 Å². The summed E-state index contributed by atoms with van der Waals surface area (Å²) >= 11 is 0. The number of carboxylic acids is 1. The van der Waals surface area contributed by atoms with Crippen molar-refractivity contribution >= 4 is 41.4 Å². The molecular weight excluding hydrogens is 257 g/mol. The average molecular weight is 283 g/mol. The van der Waals surface area contributed by atoms with Crippen LogP contribution >= 0.6 is 0 Å². The number of carbonyl (C=O) groups is 2. The molecule has 1 amide bonds. The number of carboxylic acid groups (broad SMARTS) is 1. The molecule has 0 aromatic heterocycles. The molecule has 0 bridgehead atoms. The van der Waals surface area contributed by atoms with Gasteiger partial charge in [-0.05, 0) is 6.42 Å². The van der Waals surface area contributed by atoms with Gasteiger partial charge in [0.05, 0.1) is 6.61 Å². The van der Waals surface area contributed by atoms with E-state index in [0.717, 1.165) is 19.3 Å². The standard InChI is InChI=1S/C13H25NO4.Na.H/c1-2-3-4-5-6-7-8-9-12(16)14-11(10-15)13(17)18;;/h11,15H,2-10H2,1H3,(H,14,16)(H,17,18);;. The molecule has 108 valence electrons. The number of carbonyl (C=O) groups excluding carboxylic acids is 1. The molecule has 5 nitrogen and oxygen atoms in total. The molecule has 0 aliphatic rings. The number of unbranched alkanes of at least 4 members (excludes halogenated alkanes) is 6. The van der Waals surface area contributed by atoms with Crippen LogP contribution in [0.3, 0.4) is 0 Å². The van der Waals surface area contributed by atoms with E-state index in [1.165, 1.54) is 25.7 Å². The zero-order chi connectivity index (χ0) is 13.8. The van der Waals surface area contributed by atoms with Crippen molar-refractivity contribution in [2.75, 3.05) is 6.61 Å². The second-order valence-corrected chi connectivity index (χ2v) is 4.51. The molecule has 0 saturated heterocycles. The summed E-state index contributed by atoms with van der Waals surface area (Å²) in [5.41, 5.74) is 0. The van der Waals surface area contributed by atoms with Crippen LogP contribution in [-0.4, -0.2) is 64.3 Å². The van der Waals surface area contributed by atoms with Crippen LogP contribution in [0.5, 0.6) is 0 Å². The van der Waals surface area contributed by atoms with Gasteiger partial charge < -0.3 is 15.5 Å². The van der Waals surface area contributed by atoms with Crippen LogP contribution in [-0.2, 0) is 9.59 Å². The normalized spacial score (nSPS) is 11.5. The summed E-state index contributed by atoms with van der Waals surface area (Å²) in [7, 11) is 0. The number of nitrogens with one attached hydrogen (secondary N) is 1. The predicted molar refractivity (Wildman–Crippen MR) is 76.4 cm³/mol. The molecule has 3 N–H and O–H groups in total. The summed E-state index contributed by atoms with van der Waals surface area (Å²) in [6.07, 6.45) is 8.15. The van der Waals surface area contributed by atoms with Crippen LogP contribution in [0.4, 0.5) is 0 Å². The fraction of sp³-hybridized carbons (Fsp3) is 0.846. The molecule has 0 radical (unpaired) electrons. The minimum atomic E-state index is -1.20. The summed E-state index contributed by atoms with van der Waals surface area (Å²) in [6.45, 7) is 1.60. The second kappa shape index (κ2) is 14.3. The van der Waals surface area contributed by atoms with Crippen molar-refractivity contribution in [1.82, 2.24) is 5.32 Å². The second-order valence-electron chi connectivity index (χ2n) is 4.51. The van der Waals surface area contributed by atoms with Gasteiger partial charge in [0.2, 0.25) is 5.91 Å². The third-order valence-corrected chi connectivity index (χ3v) is 2.82. The Labute approximate surface area is 137 Å². The van der Waals surface area contributed by atoms with Crippen molar-refractivity contribution in [3.63, 3.8) is 0 Å². The van der Waals surface area contributed by atoms with Gasteiger partial charge in [0, 0.05) is 6.42 Å². The zero-order valence-electron chi connectivity index (χ0n) is 11.2. The van der Waals surface area contributed by atoms with Crippen LogP contribution in [0.25, 0.3) is 0 Å². The molecule has 1 atom stereocenters. The first-order valence-corrected chi connectivity index (χ1v) is 6.74. The minimum absolute atomic E-state index is 0. The summed E-state index contributed by atoms with van der Waals surface area (Å²) in [5, 5.41) is 19.7. The van der Waals surface area contributed by atoms with Crippen molar-refractivity contribution < 1.29 is 19.8 Å². The Kier molecular flexibility index (Phi) is 16.0. The van der Waals surface area contributed by atoms with E-state index in [1.807, 2.05) is 0 Å². The molecule has 1 unspecified atom stereocenters. The molecule has 0 rings (SSSR count). The van der Waals surface area contributed by atoms with Gasteiger partial charge in [-0.15, -0.1) is 0 Å². The Morgan fingerprint density at radius 1 is 1.05 bits per heavy atom. The molecule has 0 fully saturated rings. The number of hydrogen-bond acceptors (Lipinski definition) is 3. The van der Waals surface area contributed by atoms with E-state index in [0.29, 0.717) is 6.42 Å². The van der Waals surface area contributed by atoms with Crippen LogP contribution in [0.1, 0.15) is 58.3 Å². The van der Waals surface area contributed by atoms with Gasteiger partial charge in [0.1, 0.15) is 6.04 Å². The number of rotatable bonds is 11. The van der Waals surface area contributed by atoms with E-state index >= 15 is 0 Å². The van der Waals surface area contributed by atoms with Crippen LogP contribution < -0.4 is 5.32 Å². The Balaban J connectivity index is 0. The van der Waals surface area contributed by atoms with Gasteiger partial charge in [-0.3, -0.25) is 4.79 Å². The fourth-order valence-corrected chi connectivity index (χ4v) is 1.69. The first-order valence-electron chi connectivity index (χ1n) is 6.74. The molecule has 0 spiro atoms. The van der Waals surface area contributed by atoms with Gasteiger partial charge in [0.15, 0.2) is 0 Å². The number of aliphatic hydroxyl groups is 1. The summed E-state index contributed by atoms with van der Waals surface area (Å²) in [4.78, 5) is 21.9. The Morgan fingerprint density at radius 2 is 1.58 bits per heavy atom. The van der Waals surface area contributed by atoms with Crippen molar-refractivity contribution in [2.24, 2.45) is 0 Å². The van der Waals surface area contributed by atoms with Gasteiger partial charge in [0.25, 0.3) is 0 Å². The number of aliphatic hydroxyl groups excluding tert-OH is 1. The van der Waals surface area contributed by atoms with Crippen molar-refractivity contribution in [3.05, 3.63) is 0 Å². The molecule has 0 aromatic rings. The van der Waals surface area contributed by atoms with Gasteiger partial charge >= 0.3 is 35.5 Å². The van der Waals surface area contributed by atoms with Crippen molar-refractivity contribution in [2.45, 2.75) is 64.3 Å². The van der Waals surface area contributed by atoms with E-state index in [2.05, 4.69) is 12.2 Å². The predicted octanol–water partition coefficient (Wildman–Crippen LogP) is 1.04. The van der Waals surface area contributed by atoms with Crippen LogP contribution in [0, 0.1) is 0 Å². The molecule has 0 aliphatic carbocycles. The average Bonchev–Trinajstić information content (AvgIpc) is 2.34. The van der Waals surface area contributed by atoms with Crippen molar-refractivity contribution in [3.8, 4) is 0 Å². The van der Waals surface area contributed by atoms with E-state index in [4.69, 9.17) is 10.2 Å². The summed E-state index contributed by atoms with van der Waals surface area (Å²) in [5.74, 6) is -1.50. The van der Waals surface area contributed by atoms with Crippen molar-refractivity contribution in [1.29, 1.82) is 0 Å². The molecular formula is C13H26NNaO4. The molecule has 0 heterocycles. The van der Waals surface area contributed by atoms with Crippen LogP contribution in [0.15, 0.2) is 0 Å². The Morgan fingerprint density at radius 3 is 2.05 bits per heavy atom. The Hall–Kier alpha value is -0.100. The number of aliphatic carboxylic acids is 1. The molecule has 0 aromatic carbocycles. The maximum atomic E-state index is 11.4. The first-order chi connectivity index (χ1) is 8.61. The fourth-order valence-electron chi connectivity index (χ4n) is 1.69. The Bertz CT molecular complexity index is 249. The molecule has 0 aliphatic heterocycles. The zero-order valence-corrected chi connectivity index (χ0v) is 11.2. The molecule has 6 heteroatoms. The van der Waals surface area contributed by atoms with Gasteiger partial charge in [-0.1, -0.05) is 45.4 Å². The van der Waals surface area contributed by atoms with E-state index in [9.17, 15) is 9.59 Å². The molecule has 0 saturated carbocycles. The number of amides is 1. The van der Waals surface area contributed by atoms with E-state index in [1.54, 1.807) is 0 Å². The summed E-state index contributed by atoms with van der Waals surface area (Å²) in [6, 6.07) is -1.18. The maximum absolute atomic E-state index is 11.4. The third kappa shape index (κ3) is 12.7. The SMILES string of the molecule is CCCCCCCCCC(=O)NC(CO)C(=O)O.[NaH].